The fourth-order valence-electron chi connectivity index (χ4n) is 6.18. The van der Waals surface area contributed by atoms with E-state index in [1.165, 1.54) is 11.0 Å². The van der Waals surface area contributed by atoms with E-state index >= 15 is 0 Å². The number of halogens is 1. The van der Waals surface area contributed by atoms with Crippen molar-refractivity contribution in [2.24, 2.45) is 17.6 Å². The molecule has 4 atom stereocenters. The largest absolute Gasteiger partial charge is 0.508 e. The first-order valence-electron chi connectivity index (χ1n) is 11.7. The van der Waals surface area contributed by atoms with Crippen LogP contribution in [0.25, 0.3) is 16.9 Å². The van der Waals surface area contributed by atoms with Gasteiger partial charge in [0.25, 0.3) is 5.91 Å². The predicted octanol–water partition coefficient (Wildman–Crippen LogP) is 2.28. The highest BCUT2D eigenvalue weighted by molar-refractivity contribution is 6.33. The lowest BCUT2D eigenvalue weighted by Gasteiger charge is -2.50. The molecule has 0 saturated heterocycles. The van der Waals surface area contributed by atoms with Gasteiger partial charge in [-0.15, -0.1) is 0 Å². The molecular formula is C27H25ClN2O7. The first-order chi connectivity index (χ1) is 17.4. The van der Waals surface area contributed by atoms with Crippen LogP contribution in [0.15, 0.2) is 53.3 Å². The topological polar surface area (TPSA) is 161 Å². The molecular weight excluding hydrogens is 500 g/mol. The third-order valence-electron chi connectivity index (χ3n) is 7.77. The second-order valence-corrected chi connectivity index (χ2v) is 10.3. The van der Waals surface area contributed by atoms with Crippen molar-refractivity contribution in [3.63, 3.8) is 0 Å². The molecule has 0 aromatic heterocycles. The van der Waals surface area contributed by atoms with Crippen molar-refractivity contribution in [1.29, 1.82) is 0 Å². The molecule has 3 aliphatic rings. The molecule has 0 heterocycles. The summed E-state index contributed by atoms with van der Waals surface area (Å²) in [6.45, 7) is 0. The summed E-state index contributed by atoms with van der Waals surface area (Å²) in [5.41, 5.74) is 3.53. The van der Waals surface area contributed by atoms with Gasteiger partial charge in [-0.25, -0.2) is 0 Å². The molecule has 9 nitrogen and oxygen atoms in total. The summed E-state index contributed by atoms with van der Waals surface area (Å²) < 4.78 is 0. The molecule has 10 heteroatoms. The lowest BCUT2D eigenvalue weighted by molar-refractivity contribution is -0.153. The van der Waals surface area contributed by atoms with Gasteiger partial charge in [-0.2, -0.15) is 0 Å². The minimum Gasteiger partial charge on any atom is -0.508 e. The normalized spacial score (nSPS) is 27.2. The van der Waals surface area contributed by atoms with E-state index in [-0.39, 0.29) is 29.7 Å². The van der Waals surface area contributed by atoms with Gasteiger partial charge in [0.2, 0.25) is 5.78 Å². The number of amides is 1. The zero-order valence-electron chi connectivity index (χ0n) is 20.0. The van der Waals surface area contributed by atoms with Crippen LogP contribution in [0.4, 0.5) is 0 Å². The highest BCUT2D eigenvalue weighted by Gasteiger charge is 2.64. The molecule has 6 N–H and O–H groups in total. The van der Waals surface area contributed by atoms with Crippen LogP contribution in [0, 0.1) is 11.8 Å². The maximum atomic E-state index is 13.9. The fraction of sp³-hybridized carbons (Fsp3) is 0.296. The Kier molecular flexibility index (Phi) is 5.71. The summed E-state index contributed by atoms with van der Waals surface area (Å²) in [6, 6.07) is 9.01. The molecule has 3 aliphatic carbocycles. The summed E-state index contributed by atoms with van der Waals surface area (Å²) in [5.74, 6) is -6.84. The van der Waals surface area contributed by atoms with E-state index in [4.69, 9.17) is 17.3 Å². The molecule has 1 amide bonds. The van der Waals surface area contributed by atoms with Crippen LogP contribution >= 0.6 is 11.6 Å². The number of phenolic OH excluding ortho intramolecular Hbond substituents is 1. The van der Waals surface area contributed by atoms with Crippen LogP contribution in [0.1, 0.15) is 17.5 Å². The van der Waals surface area contributed by atoms with Gasteiger partial charge in [0, 0.05) is 22.1 Å². The number of rotatable bonds is 3. The Morgan fingerprint density at radius 2 is 1.76 bits per heavy atom. The number of aliphatic hydroxyl groups is 3. The van der Waals surface area contributed by atoms with Crippen LogP contribution in [0.2, 0.25) is 5.02 Å². The third kappa shape index (κ3) is 3.34. The predicted molar refractivity (Wildman–Crippen MR) is 135 cm³/mol. The Morgan fingerprint density at radius 3 is 2.38 bits per heavy atom. The maximum Gasteiger partial charge on any atom is 0.255 e. The van der Waals surface area contributed by atoms with E-state index in [0.29, 0.717) is 21.7 Å². The molecule has 0 bridgehead atoms. The van der Waals surface area contributed by atoms with E-state index in [9.17, 15) is 34.8 Å². The average Bonchev–Trinajstić information content (AvgIpc) is 2.82. The molecule has 2 aromatic rings. The molecule has 2 aromatic carbocycles. The molecule has 1 saturated carbocycles. The van der Waals surface area contributed by atoms with Gasteiger partial charge >= 0.3 is 0 Å². The van der Waals surface area contributed by atoms with Gasteiger partial charge in [-0.05, 0) is 56.1 Å². The van der Waals surface area contributed by atoms with Gasteiger partial charge < -0.3 is 26.2 Å². The number of primary amides is 1. The Morgan fingerprint density at radius 1 is 1.08 bits per heavy atom. The van der Waals surface area contributed by atoms with Crippen molar-refractivity contribution in [3.8, 4) is 16.9 Å². The Labute approximate surface area is 217 Å². The molecule has 0 aliphatic heterocycles. The van der Waals surface area contributed by atoms with Gasteiger partial charge in [0.15, 0.2) is 11.4 Å². The second kappa shape index (κ2) is 8.44. The maximum absolute atomic E-state index is 13.9. The number of phenols is 1. The van der Waals surface area contributed by atoms with Gasteiger partial charge in [0.05, 0.1) is 11.6 Å². The van der Waals surface area contributed by atoms with Crippen LogP contribution in [0.3, 0.4) is 0 Å². The number of fused-ring (bicyclic) bond motifs is 3. The number of ketones is 2. The smallest absolute Gasteiger partial charge is 0.255 e. The Bertz CT molecular complexity index is 1460. The number of likely N-dealkylation sites (N-methyl/N-ethyl adjacent to an activating group) is 1. The van der Waals surface area contributed by atoms with Crippen molar-refractivity contribution in [1.82, 2.24) is 4.90 Å². The van der Waals surface area contributed by atoms with Crippen LogP contribution in [0.5, 0.6) is 5.75 Å². The average molecular weight is 525 g/mol. The number of carbonyl (C=O) groups is 3. The van der Waals surface area contributed by atoms with Gasteiger partial charge in [-0.1, -0.05) is 35.9 Å². The molecule has 192 valence electrons. The van der Waals surface area contributed by atoms with Gasteiger partial charge in [-0.3, -0.25) is 19.3 Å². The summed E-state index contributed by atoms with van der Waals surface area (Å²) in [7, 11) is 3.11. The SMILES string of the molecule is CN(C)[C@@H]1C(=O)C(C(N)=O)=C(O)[C@@]2(O)C(=O)C3=C(O)c4c(O)ccc(-c5ccccc5Cl)c4C[C@H]3C[C@@H]12. The Balaban J connectivity index is 1.76. The van der Waals surface area contributed by atoms with E-state index in [1.54, 1.807) is 44.4 Å². The number of hydrogen-bond donors (Lipinski definition) is 5. The fourth-order valence-corrected chi connectivity index (χ4v) is 6.41. The van der Waals surface area contributed by atoms with Crippen molar-refractivity contribution >= 4 is 34.8 Å². The molecule has 37 heavy (non-hydrogen) atoms. The number of hydrogen-bond acceptors (Lipinski definition) is 8. The van der Waals surface area contributed by atoms with E-state index in [2.05, 4.69) is 0 Å². The number of carbonyl (C=O) groups excluding carboxylic acids is 3. The zero-order valence-corrected chi connectivity index (χ0v) is 20.8. The van der Waals surface area contributed by atoms with Crippen LogP contribution in [-0.2, 0) is 20.8 Å². The second-order valence-electron chi connectivity index (χ2n) is 9.93. The number of aliphatic hydroxyl groups excluding tert-OH is 2. The number of nitrogens with two attached hydrogens (primary N) is 1. The summed E-state index contributed by atoms with van der Waals surface area (Å²) in [4.78, 5) is 40.6. The van der Waals surface area contributed by atoms with Crippen molar-refractivity contribution < 1.29 is 34.8 Å². The lowest BCUT2D eigenvalue weighted by atomic mass is 9.57. The standard InChI is InChI=1S/C27H25ClN2O7/c1-30(2)21-15-10-11-9-14-12(13-5-3-4-6-16(13)28)7-8-17(31)19(14)22(32)18(11)24(34)27(15,37)25(35)20(23(21)33)26(29)36/h3-8,11,15,21,31-32,35,37H,9-10H2,1-2H3,(H2,29,36)/t11-,15-,21-,27-/m0/s1. The zero-order chi connectivity index (χ0) is 27.0. The lowest BCUT2D eigenvalue weighted by Crippen LogP contribution is -2.65. The van der Waals surface area contributed by atoms with E-state index in [1.807, 2.05) is 0 Å². The number of nitrogens with zero attached hydrogens (tertiary/aromatic N) is 1. The number of benzene rings is 2. The Hall–Kier alpha value is -3.66. The highest BCUT2D eigenvalue weighted by atomic mass is 35.5. The van der Waals surface area contributed by atoms with Crippen molar-refractivity contribution in [2.75, 3.05) is 14.1 Å². The molecule has 5 rings (SSSR count). The first kappa shape index (κ1) is 25.0. The summed E-state index contributed by atoms with van der Waals surface area (Å²) in [6.07, 6.45) is 0.201. The van der Waals surface area contributed by atoms with Crippen LogP contribution < -0.4 is 5.73 Å². The van der Waals surface area contributed by atoms with Gasteiger partial charge in [0.1, 0.15) is 22.8 Å². The highest BCUT2D eigenvalue weighted by Crippen LogP contribution is 2.53. The van der Waals surface area contributed by atoms with Crippen molar-refractivity contribution in [2.45, 2.75) is 24.5 Å². The molecule has 0 spiro atoms. The number of Topliss-reactive ketones (excluding diaryl/α,β-unsaturated/α-hetero) is 2. The molecule has 1 fully saturated rings. The molecule has 0 unspecified atom stereocenters. The number of aromatic hydroxyl groups is 1. The third-order valence-corrected chi connectivity index (χ3v) is 8.10. The summed E-state index contributed by atoms with van der Waals surface area (Å²) >= 11 is 6.43. The minimum absolute atomic E-state index is 0.0172. The molecule has 0 radical (unpaired) electrons. The first-order valence-corrected chi connectivity index (χ1v) is 12.0. The van der Waals surface area contributed by atoms with Crippen molar-refractivity contribution in [3.05, 3.63) is 69.5 Å². The minimum atomic E-state index is -2.67. The monoisotopic (exact) mass is 524 g/mol. The van der Waals surface area contributed by atoms with Crippen LogP contribution in [-0.4, -0.2) is 68.5 Å². The quantitative estimate of drug-likeness (QED) is 0.382. The van der Waals surface area contributed by atoms with E-state index < -0.39 is 58.0 Å². The summed E-state index contributed by atoms with van der Waals surface area (Å²) in [5, 5.41) is 45.0. The van der Waals surface area contributed by atoms with E-state index in [0.717, 1.165) is 0 Å².